The molecule has 4 rings (SSSR count). The van der Waals surface area contributed by atoms with Crippen LogP contribution in [-0.2, 0) is 11.2 Å². The Morgan fingerprint density at radius 3 is 2.80 bits per heavy atom. The second-order valence-electron chi connectivity index (χ2n) is 9.10. The molecule has 4 aromatic rings. The zero-order valence-corrected chi connectivity index (χ0v) is 20.2. The number of imidazole rings is 1. The number of nitrogens with zero attached hydrogens (tertiary/aromatic N) is 4. The molecule has 0 radical (unpaired) electrons. The van der Waals surface area contributed by atoms with E-state index in [2.05, 4.69) is 25.8 Å². The van der Waals surface area contributed by atoms with Gasteiger partial charge in [-0.05, 0) is 57.9 Å². The minimum Gasteiger partial charge on any atom is -0.444 e. The summed E-state index contributed by atoms with van der Waals surface area (Å²) in [5.74, 6) is 0.614. The van der Waals surface area contributed by atoms with Crippen LogP contribution in [0.3, 0.4) is 0 Å². The standard InChI is InChI=1S/C25H28N6O4/c1-16-10-11-17(14-18(16)28-23(32)19-15-27-20-8-5-6-13-31(19)20)22-29-21(35-30-22)9-7-12-26-24(33)34-25(2,3)4/h5-6,8,10-11,13-15H,7,9,12H2,1-4H3,(H,26,33)(H,28,32). The number of carbonyl (C=O) groups is 2. The highest BCUT2D eigenvalue weighted by atomic mass is 16.6. The number of carbonyl (C=O) groups excluding carboxylic acids is 2. The van der Waals surface area contributed by atoms with Crippen LogP contribution in [-0.4, -0.2) is 43.7 Å². The lowest BCUT2D eigenvalue weighted by Gasteiger charge is -2.19. The second-order valence-corrected chi connectivity index (χ2v) is 9.10. The van der Waals surface area contributed by atoms with Crippen molar-refractivity contribution in [2.75, 3.05) is 11.9 Å². The number of aryl methyl sites for hydroxylation is 2. The highest BCUT2D eigenvalue weighted by Gasteiger charge is 2.17. The molecule has 0 aliphatic rings. The van der Waals surface area contributed by atoms with E-state index in [4.69, 9.17) is 9.26 Å². The molecular formula is C25H28N6O4. The van der Waals surface area contributed by atoms with Crippen molar-refractivity contribution in [3.63, 3.8) is 0 Å². The van der Waals surface area contributed by atoms with Crippen molar-refractivity contribution in [3.05, 3.63) is 65.9 Å². The Balaban J connectivity index is 1.38. The fraction of sp³-hybridized carbons (Fsp3) is 0.320. The van der Waals surface area contributed by atoms with E-state index >= 15 is 0 Å². The lowest BCUT2D eigenvalue weighted by Crippen LogP contribution is -2.33. The molecule has 0 aliphatic heterocycles. The van der Waals surface area contributed by atoms with Crippen molar-refractivity contribution in [1.29, 1.82) is 0 Å². The number of anilines is 1. The molecule has 2 amide bonds. The molecule has 3 heterocycles. The Kier molecular flexibility index (Phi) is 6.81. The highest BCUT2D eigenvalue weighted by molar-refractivity contribution is 6.04. The number of hydrogen-bond acceptors (Lipinski definition) is 7. The van der Waals surface area contributed by atoms with Crippen LogP contribution in [0.4, 0.5) is 10.5 Å². The number of ether oxygens (including phenoxy) is 1. The Morgan fingerprint density at radius 1 is 1.17 bits per heavy atom. The van der Waals surface area contributed by atoms with Gasteiger partial charge in [0, 0.05) is 30.4 Å². The summed E-state index contributed by atoms with van der Waals surface area (Å²) in [5.41, 5.74) is 2.85. The van der Waals surface area contributed by atoms with E-state index in [1.54, 1.807) is 16.8 Å². The Hall–Kier alpha value is -4.21. The summed E-state index contributed by atoms with van der Waals surface area (Å²) in [7, 11) is 0. The van der Waals surface area contributed by atoms with E-state index in [9.17, 15) is 9.59 Å². The molecule has 10 heteroatoms. The first-order valence-corrected chi connectivity index (χ1v) is 11.3. The summed E-state index contributed by atoms with van der Waals surface area (Å²) in [4.78, 5) is 33.3. The van der Waals surface area contributed by atoms with Gasteiger partial charge in [-0.1, -0.05) is 23.4 Å². The predicted octanol–water partition coefficient (Wildman–Crippen LogP) is 4.40. The third-order valence-electron chi connectivity index (χ3n) is 5.10. The molecule has 0 aliphatic carbocycles. The van der Waals surface area contributed by atoms with Crippen molar-refractivity contribution in [3.8, 4) is 11.4 Å². The number of alkyl carbamates (subject to hydrolysis) is 1. The molecule has 1 aromatic carbocycles. The maximum absolute atomic E-state index is 12.9. The molecule has 2 N–H and O–H groups in total. The molecule has 0 atom stereocenters. The normalized spacial score (nSPS) is 11.4. The summed E-state index contributed by atoms with van der Waals surface area (Å²) >= 11 is 0. The largest absolute Gasteiger partial charge is 0.444 e. The highest BCUT2D eigenvalue weighted by Crippen LogP contribution is 2.24. The summed E-state index contributed by atoms with van der Waals surface area (Å²) < 4.78 is 12.3. The zero-order chi connectivity index (χ0) is 25.0. The summed E-state index contributed by atoms with van der Waals surface area (Å²) in [6, 6.07) is 11.1. The smallest absolute Gasteiger partial charge is 0.407 e. The van der Waals surface area contributed by atoms with Crippen molar-refractivity contribution in [1.82, 2.24) is 24.8 Å². The third-order valence-corrected chi connectivity index (χ3v) is 5.10. The van der Waals surface area contributed by atoms with Gasteiger partial charge >= 0.3 is 6.09 Å². The maximum Gasteiger partial charge on any atom is 0.407 e. The lowest BCUT2D eigenvalue weighted by molar-refractivity contribution is 0.0526. The second kappa shape index (κ2) is 9.96. The van der Waals surface area contributed by atoms with Gasteiger partial charge in [-0.25, -0.2) is 9.78 Å². The SMILES string of the molecule is Cc1ccc(-c2noc(CCCNC(=O)OC(C)(C)C)n2)cc1NC(=O)c1cnc2ccccn12. The third kappa shape index (κ3) is 6.03. The van der Waals surface area contributed by atoms with Gasteiger partial charge in [-0.3, -0.25) is 9.20 Å². The molecule has 10 nitrogen and oxygen atoms in total. The first-order valence-electron chi connectivity index (χ1n) is 11.3. The Morgan fingerprint density at radius 2 is 2.00 bits per heavy atom. The average molecular weight is 477 g/mol. The van der Waals surface area contributed by atoms with Gasteiger partial charge in [0.15, 0.2) is 0 Å². The van der Waals surface area contributed by atoms with E-state index < -0.39 is 11.7 Å². The van der Waals surface area contributed by atoms with Crippen molar-refractivity contribution >= 4 is 23.3 Å². The molecule has 0 saturated heterocycles. The lowest BCUT2D eigenvalue weighted by atomic mass is 10.1. The van der Waals surface area contributed by atoms with Crippen LogP contribution in [0.15, 0.2) is 53.3 Å². The number of hydrogen-bond donors (Lipinski definition) is 2. The Bertz CT molecular complexity index is 1350. The minimum absolute atomic E-state index is 0.268. The first kappa shape index (κ1) is 23.9. The molecular weight excluding hydrogens is 448 g/mol. The summed E-state index contributed by atoms with van der Waals surface area (Å²) in [6.07, 6.45) is 4.01. The van der Waals surface area contributed by atoms with E-state index in [1.165, 1.54) is 0 Å². The fourth-order valence-electron chi connectivity index (χ4n) is 3.40. The number of rotatable bonds is 7. The maximum atomic E-state index is 12.9. The minimum atomic E-state index is -0.537. The quantitative estimate of drug-likeness (QED) is 0.379. The van der Waals surface area contributed by atoms with Crippen molar-refractivity contribution < 1.29 is 18.8 Å². The average Bonchev–Trinajstić information content (AvgIpc) is 3.44. The number of pyridine rings is 1. The van der Waals surface area contributed by atoms with Gasteiger partial charge in [-0.2, -0.15) is 4.98 Å². The number of fused-ring (bicyclic) bond motifs is 1. The first-order chi connectivity index (χ1) is 16.7. The van der Waals surface area contributed by atoms with E-state index in [1.807, 2.05) is 64.1 Å². The van der Waals surface area contributed by atoms with Gasteiger partial charge in [0.2, 0.25) is 11.7 Å². The van der Waals surface area contributed by atoms with Crippen molar-refractivity contribution in [2.24, 2.45) is 0 Å². The van der Waals surface area contributed by atoms with Crippen LogP contribution < -0.4 is 10.6 Å². The topological polar surface area (TPSA) is 124 Å². The summed E-state index contributed by atoms with van der Waals surface area (Å²) in [5, 5.41) is 9.72. The predicted molar refractivity (Wildman–Crippen MR) is 130 cm³/mol. The summed E-state index contributed by atoms with van der Waals surface area (Å²) in [6.45, 7) is 7.78. The Labute approximate surface area is 202 Å². The molecule has 182 valence electrons. The number of benzene rings is 1. The van der Waals surface area contributed by atoms with Gasteiger partial charge < -0.3 is 19.9 Å². The number of nitrogens with one attached hydrogen (secondary N) is 2. The monoisotopic (exact) mass is 476 g/mol. The zero-order valence-electron chi connectivity index (χ0n) is 20.2. The van der Waals surface area contributed by atoms with Crippen LogP contribution in [0.25, 0.3) is 17.0 Å². The molecule has 3 aromatic heterocycles. The van der Waals surface area contributed by atoms with E-state index in [0.717, 1.165) is 5.56 Å². The number of amides is 2. The van der Waals surface area contributed by atoms with Gasteiger partial charge in [0.25, 0.3) is 5.91 Å². The van der Waals surface area contributed by atoms with Crippen LogP contribution >= 0.6 is 0 Å². The fourth-order valence-corrected chi connectivity index (χ4v) is 3.40. The van der Waals surface area contributed by atoms with E-state index in [-0.39, 0.29) is 5.91 Å². The molecule has 0 fully saturated rings. The van der Waals surface area contributed by atoms with Crippen molar-refractivity contribution in [2.45, 2.75) is 46.1 Å². The number of aromatic nitrogens is 4. The molecule has 0 spiro atoms. The van der Waals surface area contributed by atoms with Gasteiger partial charge in [0.1, 0.15) is 16.9 Å². The molecule has 35 heavy (non-hydrogen) atoms. The van der Waals surface area contributed by atoms with Crippen LogP contribution in [0, 0.1) is 6.92 Å². The van der Waals surface area contributed by atoms with Crippen LogP contribution in [0.1, 0.15) is 49.1 Å². The molecule has 0 unspecified atom stereocenters. The van der Waals surface area contributed by atoms with Gasteiger partial charge in [0.05, 0.1) is 6.20 Å². The van der Waals surface area contributed by atoms with E-state index in [0.29, 0.717) is 53.7 Å². The van der Waals surface area contributed by atoms with Crippen LogP contribution in [0.2, 0.25) is 0 Å². The molecule has 0 bridgehead atoms. The van der Waals surface area contributed by atoms with Gasteiger partial charge in [-0.15, -0.1) is 0 Å². The molecule has 0 saturated carbocycles. The van der Waals surface area contributed by atoms with Crippen LogP contribution in [0.5, 0.6) is 0 Å².